The van der Waals surface area contributed by atoms with Crippen LogP contribution in [0.1, 0.15) is 38.3 Å². The molecule has 0 amide bonds. The molecule has 1 aliphatic rings. The van der Waals surface area contributed by atoms with Gasteiger partial charge in [0.2, 0.25) is 0 Å². The molecule has 76 valence electrons. The Labute approximate surface area is 86.7 Å². The van der Waals surface area contributed by atoms with Crippen molar-refractivity contribution in [2.24, 2.45) is 0 Å². The highest BCUT2D eigenvalue weighted by Gasteiger charge is 2.25. The molecular weight excluding hydrogens is 170 g/mol. The minimum atomic E-state index is 0.577. The fraction of sp³-hybridized carbons (Fsp3) is 0.538. The monoisotopic (exact) mass is 189 g/mol. The first-order valence-electron chi connectivity index (χ1n) is 5.59. The van der Waals surface area contributed by atoms with Gasteiger partial charge in [-0.15, -0.1) is 0 Å². The molecule has 2 atom stereocenters. The van der Waals surface area contributed by atoms with Gasteiger partial charge in [-0.05, 0) is 38.8 Å². The molecule has 1 unspecified atom stereocenters. The van der Waals surface area contributed by atoms with Crippen molar-refractivity contribution in [1.82, 2.24) is 4.90 Å². The molecule has 1 saturated heterocycles. The second-order valence-corrected chi connectivity index (χ2v) is 4.32. The SMILES string of the molecule is CC1CCCN1[C@@H](C)c1ccccc1. The molecule has 1 nitrogen and oxygen atoms in total. The highest BCUT2D eigenvalue weighted by atomic mass is 15.2. The van der Waals surface area contributed by atoms with Gasteiger partial charge in [0, 0.05) is 12.1 Å². The third kappa shape index (κ3) is 1.83. The zero-order chi connectivity index (χ0) is 9.97. The summed E-state index contributed by atoms with van der Waals surface area (Å²) in [5.74, 6) is 0. The van der Waals surface area contributed by atoms with Crippen LogP contribution in [-0.4, -0.2) is 17.5 Å². The number of hydrogen-bond donors (Lipinski definition) is 0. The highest BCUT2D eigenvalue weighted by Crippen LogP contribution is 2.28. The van der Waals surface area contributed by atoms with Gasteiger partial charge in [0.05, 0.1) is 0 Å². The van der Waals surface area contributed by atoms with E-state index in [4.69, 9.17) is 0 Å². The Morgan fingerprint density at radius 2 is 2.00 bits per heavy atom. The molecule has 0 aliphatic carbocycles. The van der Waals surface area contributed by atoms with Gasteiger partial charge in [-0.1, -0.05) is 30.3 Å². The summed E-state index contributed by atoms with van der Waals surface area (Å²) in [5, 5.41) is 0. The maximum Gasteiger partial charge on any atom is 0.0322 e. The smallest absolute Gasteiger partial charge is 0.0322 e. The fourth-order valence-electron chi connectivity index (χ4n) is 2.45. The number of nitrogens with zero attached hydrogens (tertiary/aromatic N) is 1. The molecule has 1 aromatic rings. The van der Waals surface area contributed by atoms with Gasteiger partial charge in [-0.25, -0.2) is 0 Å². The molecule has 1 fully saturated rings. The van der Waals surface area contributed by atoms with Crippen LogP contribution in [-0.2, 0) is 0 Å². The zero-order valence-electron chi connectivity index (χ0n) is 9.11. The summed E-state index contributed by atoms with van der Waals surface area (Å²) in [4.78, 5) is 2.61. The molecule has 14 heavy (non-hydrogen) atoms. The summed E-state index contributed by atoms with van der Waals surface area (Å²) in [6.45, 7) is 5.92. The van der Waals surface area contributed by atoms with Crippen molar-refractivity contribution in [2.75, 3.05) is 6.54 Å². The summed E-state index contributed by atoms with van der Waals surface area (Å²) < 4.78 is 0. The Balaban J connectivity index is 2.12. The maximum atomic E-state index is 2.61. The Hall–Kier alpha value is -0.820. The van der Waals surface area contributed by atoms with Crippen molar-refractivity contribution in [3.63, 3.8) is 0 Å². The average Bonchev–Trinajstić information content (AvgIpc) is 2.65. The van der Waals surface area contributed by atoms with Gasteiger partial charge in [0.25, 0.3) is 0 Å². The minimum absolute atomic E-state index is 0.577. The quantitative estimate of drug-likeness (QED) is 0.690. The van der Waals surface area contributed by atoms with Gasteiger partial charge >= 0.3 is 0 Å². The van der Waals surface area contributed by atoms with Crippen LogP contribution in [0.25, 0.3) is 0 Å². The first-order valence-corrected chi connectivity index (χ1v) is 5.59. The summed E-state index contributed by atoms with van der Waals surface area (Å²) in [6, 6.07) is 12.1. The normalized spacial score (nSPS) is 25.1. The number of benzene rings is 1. The third-order valence-corrected chi connectivity index (χ3v) is 3.38. The molecule has 0 aromatic heterocycles. The largest absolute Gasteiger partial charge is 0.294 e. The molecule has 0 N–H and O–H groups in total. The molecule has 1 aliphatic heterocycles. The van der Waals surface area contributed by atoms with Crippen molar-refractivity contribution in [2.45, 2.75) is 38.8 Å². The molecule has 0 bridgehead atoms. The van der Waals surface area contributed by atoms with Crippen LogP contribution in [0.15, 0.2) is 30.3 Å². The van der Waals surface area contributed by atoms with E-state index in [1.54, 1.807) is 0 Å². The number of hydrogen-bond acceptors (Lipinski definition) is 1. The molecule has 0 saturated carbocycles. The Morgan fingerprint density at radius 3 is 2.57 bits per heavy atom. The van der Waals surface area contributed by atoms with E-state index >= 15 is 0 Å². The van der Waals surface area contributed by atoms with Crippen molar-refractivity contribution >= 4 is 0 Å². The first-order chi connectivity index (χ1) is 6.79. The van der Waals surface area contributed by atoms with E-state index < -0.39 is 0 Å². The molecular formula is C13H19N. The number of likely N-dealkylation sites (tertiary alicyclic amines) is 1. The summed E-state index contributed by atoms with van der Waals surface area (Å²) in [6.07, 6.45) is 2.72. The van der Waals surface area contributed by atoms with Gasteiger partial charge in [0.15, 0.2) is 0 Å². The van der Waals surface area contributed by atoms with E-state index in [9.17, 15) is 0 Å². The van der Waals surface area contributed by atoms with Crippen LogP contribution in [0.2, 0.25) is 0 Å². The molecule has 1 aromatic carbocycles. The second-order valence-electron chi connectivity index (χ2n) is 4.32. The van der Waals surface area contributed by atoms with E-state index in [-0.39, 0.29) is 0 Å². The number of rotatable bonds is 2. The summed E-state index contributed by atoms with van der Waals surface area (Å²) in [5.41, 5.74) is 1.45. The van der Waals surface area contributed by atoms with Crippen LogP contribution >= 0.6 is 0 Å². The fourth-order valence-corrected chi connectivity index (χ4v) is 2.45. The predicted molar refractivity (Wildman–Crippen MR) is 60.3 cm³/mol. The third-order valence-electron chi connectivity index (χ3n) is 3.38. The highest BCUT2D eigenvalue weighted by molar-refractivity contribution is 5.18. The van der Waals surface area contributed by atoms with Gasteiger partial charge in [-0.2, -0.15) is 0 Å². The molecule has 0 radical (unpaired) electrons. The first kappa shape index (κ1) is 9.72. The molecule has 1 heterocycles. The van der Waals surface area contributed by atoms with E-state index in [2.05, 4.69) is 49.1 Å². The predicted octanol–water partition coefficient (Wildman–Crippen LogP) is 3.23. The van der Waals surface area contributed by atoms with Crippen molar-refractivity contribution in [1.29, 1.82) is 0 Å². The second kappa shape index (κ2) is 4.14. The van der Waals surface area contributed by atoms with Gasteiger partial charge in [0.1, 0.15) is 0 Å². The van der Waals surface area contributed by atoms with Crippen LogP contribution in [0.4, 0.5) is 0 Å². The topological polar surface area (TPSA) is 3.24 Å². The van der Waals surface area contributed by atoms with E-state index in [0.717, 1.165) is 6.04 Å². The molecule has 2 rings (SSSR count). The molecule has 1 heteroatoms. The maximum absolute atomic E-state index is 2.61. The standard InChI is InChI=1S/C13H19N/c1-11-7-6-10-14(11)12(2)13-8-4-3-5-9-13/h3-5,8-9,11-12H,6-7,10H2,1-2H3/t11?,12-/m0/s1. The van der Waals surface area contributed by atoms with E-state index in [1.807, 2.05) is 0 Å². The Bertz CT molecular complexity index is 281. The van der Waals surface area contributed by atoms with Crippen LogP contribution < -0.4 is 0 Å². The lowest BCUT2D eigenvalue weighted by atomic mass is 10.1. The van der Waals surface area contributed by atoms with Gasteiger partial charge in [-0.3, -0.25) is 4.90 Å². The average molecular weight is 189 g/mol. The lowest BCUT2D eigenvalue weighted by Gasteiger charge is -2.28. The molecule has 0 spiro atoms. The summed E-state index contributed by atoms with van der Waals surface area (Å²) in [7, 11) is 0. The Kier molecular flexibility index (Phi) is 2.87. The van der Waals surface area contributed by atoms with E-state index in [0.29, 0.717) is 6.04 Å². The van der Waals surface area contributed by atoms with Gasteiger partial charge < -0.3 is 0 Å². The van der Waals surface area contributed by atoms with Crippen LogP contribution in [0.5, 0.6) is 0 Å². The van der Waals surface area contributed by atoms with Crippen LogP contribution in [0.3, 0.4) is 0 Å². The lowest BCUT2D eigenvalue weighted by molar-refractivity contribution is 0.204. The summed E-state index contributed by atoms with van der Waals surface area (Å²) >= 11 is 0. The zero-order valence-corrected chi connectivity index (χ0v) is 9.11. The van der Waals surface area contributed by atoms with Crippen molar-refractivity contribution in [3.8, 4) is 0 Å². The van der Waals surface area contributed by atoms with Crippen molar-refractivity contribution < 1.29 is 0 Å². The van der Waals surface area contributed by atoms with Crippen molar-refractivity contribution in [3.05, 3.63) is 35.9 Å². The lowest BCUT2D eigenvalue weighted by Crippen LogP contribution is -2.29. The van der Waals surface area contributed by atoms with Crippen LogP contribution in [0, 0.1) is 0 Å². The van der Waals surface area contributed by atoms with E-state index in [1.165, 1.54) is 24.9 Å². The Morgan fingerprint density at radius 1 is 1.29 bits per heavy atom. The minimum Gasteiger partial charge on any atom is -0.294 e.